The van der Waals surface area contributed by atoms with E-state index in [1.807, 2.05) is 13.0 Å². The second-order valence-electron chi connectivity index (χ2n) is 6.83. The van der Waals surface area contributed by atoms with Crippen molar-refractivity contribution < 1.29 is 28.2 Å². The Morgan fingerprint density at radius 3 is 2.73 bits per heavy atom. The van der Waals surface area contributed by atoms with E-state index in [1.54, 1.807) is 12.1 Å². The molecule has 1 saturated heterocycles. The Morgan fingerprint density at radius 1 is 1.30 bits per heavy atom. The quantitative estimate of drug-likeness (QED) is 0.314. The highest BCUT2D eigenvalue weighted by Gasteiger charge is 2.36. The molecule has 0 atom stereocenters. The number of nitrogens with zero attached hydrogens (tertiary/aromatic N) is 1. The molecule has 1 heterocycles. The van der Waals surface area contributed by atoms with Crippen LogP contribution in [0.5, 0.6) is 11.5 Å². The van der Waals surface area contributed by atoms with Crippen LogP contribution < -0.4 is 14.8 Å². The van der Waals surface area contributed by atoms with Gasteiger partial charge in [0, 0.05) is 5.69 Å². The second-order valence-corrected chi connectivity index (χ2v) is 9.39. The zero-order valence-electron chi connectivity index (χ0n) is 17.6. The molecule has 7 nitrogen and oxygen atoms in total. The van der Waals surface area contributed by atoms with Crippen molar-refractivity contribution in [2.75, 3.05) is 25.6 Å². The summed E-state index contributed by atoms with van der Waals surface area (Å²) in [6.45, 7) is 2.05. The van der Waals surface area contributed by atoms with Crippen LogP contribution in [0.4, 0.5) is 14.9 Å². The summed E-state index contributed by atoms with van der Waals surface area (Å²) >= 11 is 8.56. The van der Waals surface area contributed by atoms with Crippen molar-refractivity contribution in [2.45, 2.75) is 13.3 Å². The first kappa shape index (κ1) is 25.3. The van der Waals surface area contributed by atoms with E-state index < -0.39 is 29.4 Å². The number of imide groups is 1. The van der Waals surface area contributed by atoms with E-state index in [1.165, 1.54) is 19.2 Å². The van der Waals surface area contributed by atoms with Gasteiger partial charge in [-0.15, -0.1) is 0 Å². The molecular formula is C22H19ClFIN2O5S. The Kier molecular flexibility index (Phi) is 8.60. The van der Waals surface area contributed by atoms with Gasteiger partial charge in [-0.1, -0.05) is 18.5 Å². The number of hydrogen-bond acceptors (Lipinski definition) is 6. The molecule has 33 heavy (non-hydrogen) atoms. The molecule has 3 amide bonds. The van der Waals surface area contributed by atoms with Gasteiger partial charge < -0.3 is 14.8 Å². The number of methoxy groups -OCH3 is 1. The average Bonchev–Trinajstić information content (AvgIpc) is 3.02. The van der Waals surface area contributed by atoms with Crippen LogP contribution in [0.3, 0.4) is 0 Å². The van der Waals surface area contributed by atoms with E-state index in [-0.39, 0.29) is 15.6 Å². The van der Waals surface area contributed by atoms with Gasteiger partial charge in [-0.05, 0) is 82.7 Å². The lowest BCUT2D eigenvalue weighted by molar-refractivity contribution is -0.127. The molecule has 0 unspecified atom stereocenters. The number of nitrogens with one attached hydrogen (secondary N) is 1. The normalized spacial score (nSPS) is 14.7. The molecule has 1 aliphatic rings. The van der Waals surface area contributed by atoms with E-state index in [0.29, 0.717) is 23.7 Å². The molecule has 1 fully saturated rings. The maximum atomic E-state index is 13.3. The van der Waals surface area contributed by atoms with Crippen molar-refractivity contribution in [1.82, 2.24) is 4.90 Å². The van der Waals surface area contributed by atoms with Crippen LogP contribution in [0, 0.1) is 9.39 Å². The first-order valence-corrected chi connectivity index (χ1v) is 12.0. The van der Waals surface area contributed by atoms with Gasteiger partial charge in [0.15, 0.2) is 11.5 Å². The number of anilines is 1. The van der Waals surface area contributed by atoms with Crippen LogP contribution in [0.2, 0.25) is 5.02 Å². The maximum Gasteiger partial charge on any atom is 0.294 e. The van der Waals surface area contributed by atoms with E-state index in [4.69, 9.17) is 21.1 Å². The van der Waals surface area contributed by atoms with Crippen molar-refractivity contribution in [3.63, 3.8) is 0 Å². The SMILES string of the molecule is CCCOc1c(I)cc(/C=C2\SC(=O)N(CC(=O)Nc3ccc(F)c(Cl)c3)C2=O)cc1OC. The van der Waals surface area contributed by atoms with Gasteiger partial charge in [0.25, 0.3) is 11.1 Å². The third-order valence-electron chi connectivity index (χ3n) is 4.38. The van der Waals surface area contributed by atoms with Gasteiger partial charge in [-0.25, -0.2) is 4.39 Å². The first-order chi connectivity index (χ1) is 15.7. The number of thioether (sulfide) groups is 1. The van der Waals surface area contributed by atoms with Crippen LogP contribution in [0.15, 0.2) is 35.2 Å². The molecule has 1 N–H and O–H groups in total. The molecule has 0 aromatic heterocycles. The third kappa shape index (κ3) is 6.18. The predicted molar refractivity (Wildman–Crippen MR) is 134 cm³/mol. The fraction of sp³-hybridized carbons (Fsp3) is 0.227. The van der Waals surface area contributed by atoms with Crippen LogP contribution in [0.1, 0.15) is 18.9 Å². The van der Waals surface area contributed by atoms with Gasteiger partial charge >= 0.3 is 0 Å². The Hall–Kier alpha value is -2.31. The largest absolute Gasteiger partial charge is 0.493 e. The van der Waals surface area contributed by atoms with E-state index in [2.05, 4.69) is 27.9 Å². The van der Waals surface area contributed by atoms with E-state index >= 15 is 0 Å². The number of amides is 3. The van der Waals surface area contributed by atoms with Crippen LogP contribution in [-0.2, 0) is 9.59 Å². The topological polar surface area (TPSA) is 84.9 Å². The molecule has 0 bridgehead atoms. The molecule has 0 spiro atoms. The predicted octanol–water partition coefficient (Wildman–Crippen LogP) is 5.56. The van der Waals surface area contributed by atoms with E-state index in [9.17, 15) is 18.8 Å². The number of carbonyl (C=O) groups is 3. The van der Waals surface area contributed by atoms with Gasteiger partial charge in [-0.3, -0.25) is 19.3 Å². The number of hydrogen-bond donors (Lipinski definition) is 1. The molecule has 2 aromatic rings. The van der Waals surface area contributed by atoms with Crippen LogP contribution >= 0.6 is 46.0 Å². The molecule has 2 aromatic carbocycles. The minimum Gasteiger partial charge on any atom is -0.493 e. The Bertz CT molecular complexity index is 1140. The highest BCUT2D eigenvalue weighted by Crippen LogP contribution is 2.37. The number of rotatable bonds is 8. The van der Waals surface area contributed by atoms with Crippen molar-refractivity contribution in [2.24, 2.45) is 0 Å². The molecule has 3 rings (SSSR count). The minimum atomic E-state index is -0.623. The summed E-state index contributed by atoms with van der Waals surface area (Å²) in [6.07, 6.45) is 2.41. The lowest BCUT2D eigenvalue weighted by Gasteiger charge is -2.13. The fourth-order valence-corrected chi connectivity index (χ4v) is 4.67. The zero-order valence-corrected chi connectivity index (χ0v) is 21.3. The monoisotopic (exact) mass is 604 g/mol. The molecule has 1 aliphatic heterocycles. The van der Waals surface area contributed by atoms with Crippen LogP contribution in [0.25, 0.3) is 6.08 Å². The summed E-state index contributed by atoms with van der Waals surface area (Å²) in [5, 5.41) is 1.77. The molecule has 11 heteroatoms. The Morgan fingerprint density at radius 2 is 2.06 bits per heavy atom. The maximum absolute atomic E-state index is 13.3. The van der Waals surface area contributed by atoms with Crippen molar-refractivity contribution in [1.29, 1.82) is 0 Å². The smallest absolute Gasteiger partial charge is 0.294 e. The summed E-state index contributed by atoms with van der Waals surface area (Å²) in [6, 6.07) is 7.20. The molecule has 174 valence electrons. The Labute approximate surface area is 212 Å². The molecular weight excluding hydrogens is 586 g/mol. The zero-order chi connectivity index (χ0) is 24.1. The lowest BCUT2D eigenvalue weighted by Crippen LogP contribution is -2.36. The lowest BCUT2D eigenvalue weighted by atomic mass is 10.2. The van der Waals surface area contributed by atoms with Crippen molar-refractivity contribution >= 4 is 74.8 Å². The summed E-state index contributed by atoms with van der Waals surface area (Å²) in [5.41, 5.74) is 0.900. The Balaban J connectivity index is 1.74. The molecule has 0 saturated carbocycles. The minimum absolute atomic E-state index is 0.155. The average molecular weight is 605 g/mol. The summed E-state index contributed by atoms with van der Waals surface area (Å²) in [5.74, 6) is -0.699. The molecule has 0 radical (unpaired) electrons. The van der Waals surface area contributed by atoms with Gasteiger partial charge in [0.2, 0.25) is 5.91 Å². The summed E-state index contributed by atoms with van der Waals surface area (Å²) in [7, 11) is 1.52. The number of benzene rings is 2. The molecule has 0 aliphatic carbocycles. The van der Waals surface area contributed by atoms with Gasteiger partial charge in [-0.2, -0.15) is 0 Å². The number of ether oxygens (including phenoxy) is 2. The van der Waals surface area contributed by atoms with Crippen LogP contribution in [-0.4, -0.2) is 42.2 Å². The van der Waals surface area contributed by atoms with Gasteiger partial charge in [0.1, 0.15) is 12.4 Å². The van der Waals surface area contributed by atoms with E-state index in [0.717, 1.165) is 32.7 Å². The first-order valence-electron chi connectivity index (χ1n) is 9.74. The van der Waals surface area contributed by atoms with Crippen molar-refractivity contribution in [3.05, 3.63) is 55.2 Å². The fourth-order valence-electron chi connectivity index (χ4n) is 2.87. The van der Waals surface area contributed by atoms with Gasteiger partial charge in [0.05, 0.1) is 27.2 Å². The number of carbonyl (C=O) groups excluding carboxylic acids is 3. The number of halogens is 3. The highest BCUT2D eigenvalue weighted by molar-refractivity contribution is 14.1. The third-order valence-corrected chi connectivity index (χ3v) is 6.38. The second kappa shape index (κ2) is 11.2. The highest BCUT2D eigenvalue weighted by atomic mass is 127. The standard InChI is InChI=1S/C22H19ClFIN2O5S/c1-3-6-32-20-16(25)7-12(8-17(20)31-2)9-18-21(29)27(22(30)33-18)11-19(28)26-13-4-5-15(24)14(23)10-13/h4-5,7-10H,3,6,11H2,1-2H3,(H,26,28)/b18-9-. The summed E-state index contributed by atoms with van der Waals surface area (Å²) in [4.78, 5) is 38.5. The van der Waals surface area contributed by atoms with Crippen molar-refractivity contribution in [3.8, 4) is 11.5 Å². The summed E-state index contributed by atoms with van der Waals surface area (Å²) < 4.78 is 25.2.